The maximum Gasteiger partial charge on any atom is 0.250 e. The van der Waals surface area contributed by atoms with Gasteiger partial charge in [-0.25, -0.2) is 0 Å². The number of carbonyl (C=O) groups excluding carboxylic acids is 1. The summed E-state index contributed by atoms with van der Waals surface area (Å²) in [7, 11) is 0. The molecular weight excluding hydrogens is 208 g/mol. The van der Waals surface area contributed by atoms with Crippen molar-refractivity contribution in [2.45, 2.75) is 43.6 Å². The lowest BCUT2D eigenvalue weighted by atomic mass is 9.95. The number of amides is 1. The van der Waals surface area contributed by atoms with Crippen LogP contribution < -0.4 is 10.6 Å². The SMILES string of the molecule is O=C(NC1CC2CCC1O2)C1CNCCO1. The first-order chi connectivity index (χ1) is 7.83. The van der Waals surface area contributed by atoms with Crippen LogP contribution in [0.3, 0.4) is 0 Å². The molecule has 0 aromatic heterocycles. The summed E-state index contributed by atoms with van der Waals surface area (Å²) in [5.74, 6) is 0.00773. The Bertz CT molecular complexity index is 278. The normalized spacial score (nSPS) is 42.2. The minimum absolute atomic E-state index is 0.00773. The Balaban J connectivity index is 1.52. The van der Waals surface area contributed by atoms with Crippen LogP contribution >= 0.6 is 0 Å². The molecule has 0 aliphatic carbocycles. The van der Waals surface area contributed by atoms with Crippen molar-refractivity contribution < 1.29 is 14.3 Å². The summed E-state index contributed by atoms with van der Waals surface area (Å²) in [4.78, 5) is 11.9. The maximum absolute atomic E-state index is 11.9. The summed E-state index contributed by atoms with van der Waals surface area (Å²) in [5, 5.41) is 6.21. The van der Waals surface area contributed by atoms with Crippen LogP contribution in [0.1, 0.15) is 19.3 Å². The van der Waals surface area contributed by atoms with E-state index in [2.05, 4.69) is 10.6 Å². The second-order valence-electron chi connectivity index (χ2n) is 4.79. The Hall–Kier alpha value is -0.650. The molecule has 16 heavy (non-hydrogen) atoms. The smallest absolute Gasteiger partial charge is 0.250 e. The van der Waals surface area contributed by atoms with E-state index >= 15 is 0 Å². The van der Waals surface area contributed by atoms with E-state index in [9.17, 15) is 4.79 Å². The fraction of sp³-hybridized carbons (Fsp3) is 0.909. The van der Waals surface area contributed by atoms with Crippen molar-refractivity contribution >= 4 is 5.91 Å². The highest BCUT2D eigenvalue weighted by atomic mass is 16.5. The summed E-state index contributed by atoms with van der Waals surface area (Å²) in [5.41, 5.74) is 0. The molecule has 2 bridgehead atoms. The molecule has 1 amide bonds. The summed E-state index contributed by atoms with van der Waals surface area (Å²) >= 11 is 0. The summed E-state index contributed by atoms with van der Waals surface area (Å²) in [6.45, 7) is 2.07. The average molecular weight is 226 g/mol. The molecule has 0 aromatic carbocycles. The highest BCUT2D eigenvalue weighted by Crippen LogP contribution is 2.34. The van der Waals surface area contributed by atoms with Gasteiger partial charge in [0, 0.05) is 13.1 Å². The second-order valence-corrected chi connectivity index (χ2v) is 4.79. The Morgan fingerprint density at radius 3 is 2.94 bits per heavy atom. The fourth-order valence-corrected chi connectivity index (χ4v) is 2.80. The van der Waals surface area contributed by atoms with E-state index in [-0.39, 0.29) is 24.2 Å². The van der Waals surface area contributed by atoms with Crippen molar-refractivity contribution in [3.63, 3.8) is 0 Å². The van der Waals surface area contributed by atoms with E-state index < -0.39 is 0 Å². The van der Waals surface area contributed by atoms with Crippen LogP contribution in [-0.4, -0.2) is 50.0 Å². The van der Waals surface area contributed by atoms with Crippen molar-refractivity contribution in [2.24, 2.45) is 0 Å². The number of carbonyl (C=O) groups is 1. The summed E-state index contributed by atoms with van der Waals surface area (Å²) < 4.78 is 11.1. The van der Waals surface area contributed by atoms with Gasteiger partial charge in [0.05, 0.1) is 24.9 Å². The molecule has 0 spiro atoms. The van der Waals surface area contributed by atoms with Gasteiger partial charge in [0.25, 0.3) is 5.91 Å². The molecule has 4 atom stereocenters. The average Bonchev–Trinajstić information content (AvgIpc) is 2.92. The zero-order valence-electron chi connectivity index (χ0n) is 9.28. The predicted octanol–water partition coefficient (Wildman–Crippen LogP) is -0.589. The Morgan fingerprint density at radius 2 is 2.31 bits per heavy atom. The standard InChI is InChI=1S/C11H18N2O3/c14-11(10-6-12-3-4-15-10)13-8-5-7-1-2-9(8)16-7/h7-10,12H,1-6H2,(H,13,14). The van der Waals surface area contributed by atoms with Crippen molar-refractivity contribution in [1.82, 2.24) is 10.6 Å². The van der Waals surface area contributed by atoms with Crippen LogP contribution in [0.2, 0.25) is 0 Å². The third-order valence-corrected chi connectivity index (χ3v) is 3.65. The minimum atomic E-state index is -0.326. The van der Waals surface area contributed by atoms with Gasteiger partial charge in [-0.15, -0.1) is 0 Å². The van der Waals surface area contributed by atoms with Gasteiger partial charge < -0.3 is 20.1 Å². The number of hydrogen-bond donors (Lipinski definition) is 2. The monoisotopic (exact) mass is 226 g/mol. The van der Waals surface area contributed by atoms with Gasteiger partial charge in [0.15, 0.2) is 0 Å². The largest absolute Gasteiger partial charge is 0.373 e. The molecular formula is C11H18N2O3. The quantitative estimate of drug-likeness (QED) is 0.661. The van der Waals surface area contributed by atoms with Gasteiger partial charge in [-0.05, 0) is 19.3 Å². The molecule has 3 rings (SSSR count). The Morgan fingerprint density at radius 1 is 1.38 bits per heavy atom. The summed E-state index contributed by atoms with van der Waals surface area (Å²) in [6, 6.07) is 0.205. The van der Waals surface area contributed by atoms with Gasteiger partial charge in [-0.2, -0.15) is 0 Å². The van der Waals surface area contributed by atoms with Crippen molar-refractivity contribution in [1.29, 1.82) is 0 Å². The topological polar surface area (TPSA) is 59.6 Å². The number of hydrogen-bond acceptors (Lipinski definition) is 4. The Labute approximate surface area is 94.9 Å². The Kier molecular flexibility index (Phi) is 2.83. The van der Waals surface area contributed by atoms with Crippen molar-refractivity contribution in [3.8, 4) is 0 Å². The third kappa shape index (κ3) is 1.95. The molecule has 2 N–H and O–H groups in total. The van der Waals surface area contributed by atoms with Crippen molar-refractivity contribution in [2.75, 3.05) is 19.7 Å². The van der Waals surface area contributed by atoms with E-state index in [0.717, 1.165) is 25.8 Å². The molecule has 4 unspecified atom stereocenters. The molecule has 5 heteroatoms. The van der Waals surface area contributed by atoms with Crippen LogP contribution in [0.25, 0.3) is 0 Å². The van der Waals surface area contributed by atoms with Gasteiger partial charge in [0.1, 0.15) is 6.10 Å². The maximum atomic E-state index is 11.9. The van der Waals surface area contributed by atoms with Crippen LogP contribution in [0.5, 0.6) is 0 Å². The zero-order chi connectivity index (χ0) is 11.0. The first-order valence-corrected chi connectivity index (χ1v) is 6.11. The minimum Gasteiger partial charge on any atom is -0.373 e. The lowest BCUT2D eigenvalue weighted by Crippen LogP contribution is -2.52. The van der Waals surface area contributed by atoms with E-state index in [4.69, 9.17) is 9.47 Å². The first-order valence-electron chi connectivity index (χ1n) is 6.11. The zero-order valence-corrected chi connectivity index (χ0v) is 9.28. The lowest BCUT2D eigenvalue weighted by molar-refractivity contribution is -0.135. The molecule has 90 valence electrons. The molecule has 0 saturated carbocycles. The van der Waals surface area contributed by atoms with Crippen molar-refractivity contribution in [3.05, 3.63) is 0 Å². The van der Waals surface area contributed by atoms with Crippen LogP contribution in [0.4, 0.5) is 0 Å². The number of rotatable bonds is 2. The van der Waals surface area contributed by atoms with E-state index in [1.54, 1.807) is 0 Å². The second kappa shape index (κ2) is 4.31. The number of ether oxygens (including phenoxy) is 2. The molecule has 0 aromatic rings. The fourth-order valence-electron chi connectivity index (χ4n) is 2.80. The van der Waals surface area contributed by atoms with Crippen LogP contribution in [0.15, 0.2) is 0 Å². The van der Waals surface area contributed by atoms with Crippen LogP contribution in [0, 0.1) is 0 Å². The molecule has 3 aliphatic rings. The number of morpholine rings is 1. The summed E-state index contributed by atoms with van der Waals surface area (Å²) in [6.07, 6.45) is 3.49. The van der Waals surface area contributed by atoms with E-state index in [1.807, 2.05) is 0 Å². The predicted molar refractivity (Wildman–Crippen MR) is 57.1 cm³/mol. The molecule has 0 radical (unpaired) electrons. The molecule has 3 fully saturated rings. The molecule has 3 heterocycles. The van der Waals surface area contributed by atoms with Gasteiger partial charge in [0.2, 0.25) is 0 Å². The third-order valence-electron chi connectivity index (χ3n) is 3.65. The molecule has 3 saturated heterocycles. The van der Waals surface area contributed by atoms with Gasteiger partial charge in [-0.1, -0.05) is 0 Å². The molecule has 5 nitrogen and oxygen atoms in total. The van der Waals surface area contributed by atoms with E-state index in [1.165, 1.54) is 0 Å². The number of nitrogens with one attached hydrogen (secondary N) is 2. The first kappa shape index (κ1) is 10.5. The number of fused-ring (bicyclic) bond motifs is 2. The van der Waals surface area contributed by atoms with E-state index in [0.29, 0.717) is 19.3 Å². The van der Waals surface area contributed by atoms with Gasteiger partial charge >= 0.3 is 0 Å². The highest BCUT2D eigenvalue weighted by Gasteiger charge is 2.42. The lowest BCUT2D eigenvalue weighted by Gasteiger charge is -2.26. The highest BCUT2D eigenvalue weighted by molar-refractivity contribution is 5.81. The van der Waals surface area contributed by atoms with Crippen LogP contribution in [-0.2, 0) is 14.3 Å². The molecule has 3 aliphatic heterocycles. The van der Waals surface area contributed by atoms with Gasteiger partial charge in [-0.3, -0.25) is 4.79 Å².